The van der Waals surface area contributed by atoms with Gasteiger partial charge >= 0.3 is 5.85 Å². The average Bonchev–Trinajstić information content (AvgIpc) is 1.82. The molecule has 0 saturated carbocycles. The maximum absolute atomic E-state index is 11.0. The molecule has 0 saturated heterocycles. The van der Waals surface area contributed by atoms with E-state index in [0.29, 0.717) is 0 Å². The number of hydrogen-bond acceptors (Lipinski definition) is 3. The molecule has 3 nitrogen and oxygen atoms in total. The van der Waals surface area contributed by atoms with Crippen molar-refractivity contribution in [1.82, 2.24) is 0 Å². The summed E-state index contributed by atoms with van der Waals surface area (Å²) in [5.74, 6) is -3.79. The number of hydrogen-bond donors (Lipinski definition) is 1. The van der Waals surface area contributed by atoms with Gasteiger partial charge in [0.2, 0.25) is 5.52 Å². The summed E-state index contributed by atoms with van der Waals surface area (Å²) in [6, 6.07) is -0.837. The predicted molar refractivity (Wildman–Crippen MR) is 47.1 cm³/mol. The molecule has 0 spiro atoms. The fourth-order valence-corrected chi connectivity index (χ4v) is 1.78. The second-order valence-electron chi connectivity index (χ2n) is 2.57. The normalized spacial score (nSPS) is 15.1. The highest BCUT2D eigenvalue weighted by Crippen LogP contribution is 2.58. The third kappa shape index (κ3) is 3.57. The molecule has 66 valence electrons. The van der Waals surface area contributed by atoms with Crippen LogP contribution in [-0.2, 0) is 9.36 Å². The highest BCUT2D eigenvalue weighted by Gasteiger charge is 2.32. The third-order valence-electron chi connectivity index (χ3n) is 1.26. The second-order valence-corrected chi connectivity index (χ2v) is 7.31. The number of halogens is 2. The van der Waals surface area contributed by atoms with Gasteiger partial charge in [-0.25, -0.2) is 0 Å². The quantitative estimate of drug-likeness (QED) is 0.738. The lowest BCUT2D eigenvalue weighted by atomic mass is 10.1. The Morgan fingerprint density at radius 1 is 1.45 bits per heavy atom. The molecule has 11 heavy (non-hydrogen) atoms. The second kappa shape index (κ2) is 3.90. The predicted octanol–water partition coefficient (Wildman–Crippen LogP) is 2.17. The molecular formula is C5H10Cl2NO2P. The summed E-state index contributed by atoms with van der Waals surface area (Å²) in [4.78, 5) is 11.0. The zero-order valence-corrected chi connectivity index (χ0v) is 8.66. The summed E-state index contributed by atoms with van der Waals surface area (Å²) < 4.78 is 10.8. The molecule has 0 aromatic heterocycles. The lowest BCUT2D eigenvalue weighted by Gasteiger charge is -2.13. The van der Waals surface area contributed by atoms with Crippen LogP contribution in [0.15, 0.2) is 0 Å². The van der Waals surface area contributed by atoms with Gasteiger partial charge in [-0.2, -0.15) is 0 Å². The maximum Gasteiger partial charge on any atom is 0.317 e. The van der Waals surface area contributed by atoms with E-state index in [1.807, 2.05) is 0 Å². The summed E-state index contributed by atoms with van der Waals surface area (Å²) in [5, 5.41) is 0. The Hall–Kier alpha value is 0.440. The monoisotopic (exact) mass is 217 g/mol. The first-order valence-electron chi connectivity index (χ1n) is 3.06. The Morgan fingerprint density at radius 2 is 1.82 bits per heavy atom. The molecule has 6 heteroatoms. The number of rotatable bonds is 3. The number of carbonyl (C=O) groups is 1. The van der Waals surface area contributed by atoms with Crippen molar-refractivity contribution in [3.63, 3.8) is 0 Å². The smallest absolute Gasteiger partial charge is 0.317 e. The van der Waals surface area contributed by atoms with E-state index in [1.165, 1.54) is 0 Å². The molecule has 0 amide bonds. The molecule has 0 unspecified atom stereocenters. The minimum atomic E-state index is -3.69. The highest BCUT2D eigenvalue weighted by atomic mass is 35.9. The maximum atomic E-state index is 11.0. The minimum Gasteiger partial charge on any atom is -0.321 e. The molecule has 0 heterocycles. The van der Waals surface area contributed by atoms with Crippen molar-refractivity contribution >= 4 is 33.9 Å². The first kappa shape index (κ1) is 11.4. The van der Waals surface area contributed by atoms with E-state index in [1.54, 1.807) is 13.8 Å². The molecule has 2 N–H and O–H groups in total. The van der Waals surface area contributed by atoms with Crippen molar-refractivity contribution in [2.24, 2.45) is 11.7 Å². The van der Waals surface area contributed by atoms with E-state index in [-0.39, 0.29) is 5.92 Å². The third-order valence-corrected chi connectivity index (χ3v) is 3.07. The highest BCUT2D eigenvalue weighted by molar-refractivity contribution is 8.19. The van der Waals surface area contributed by atoms with Crippen LogP contribution in [0, 0.1) is 5.92 Å². The van der Waals surface area contributed by atoms with Gasteiger partial charge in [0.05, 0.1) is 6.04 Å². The van der Waals surface area contributed by atoms with Crippen LogP contribution < -0.4 is 5.73 Å². The van der Waals surface area contributed by atoms with E-state index in [4.69, 9.17) is 28.2 Å². The standard InChI is InChI=1S/C5H10Cl2NO2P/c1-3(2)4(8)5(9)11(6,7)10/h3-4H,8H2,1-2H3/t4-/m0/s1. The lowest BCUT2D eigenvalue weighted by molar-refractivity contribution is -0.113. The summed E-state index contributed by atoms with van der Waals surface area (Å²) in [6.07, 6.45) is 0. The van der Waals surface area contributed by atoms with Crippen LogP contribution in [0.3, 0.4) is 0 Å². The molecule has 0 aromatic carbocycles. The SMILES string of the molecule is CC(C)[C@H](N)C(=O)P(=O)(Cl)Cl. The minimum absolute atomic E-state index is 0.103. The molecule has 0 aliphatic carbocycles. The summed E-state index contributed by atoms with van der Waals surface area (Å²) in [5.41, 5.74) is 4.59. The van der Waals surface area contributed by atoms with Gasteiger partial charge in [-0.15, -0.1) is 0 Å². The Balaban J connectivity index is 4.39. The fourth-order valence-electron chi connectivity index (χ4n) is 0.459. The first-order valence-corrected chi connectivity index (χ1v) is 6.58. The molecular weight excluding hydrogens is 208 g/mol. The lowest BCUT2D eigenvalue weighted by Crippen LogP contribution is -2.33. The molecule has 1 atom stereocenters. The van der Waals surface area contributed by atoms with Gasteiger partial charge in [0.1, 0.15) is 0 Å². The van der Waals surface area contributed by atoms with Crippen LogP contribution in [0.1, 0.15) is 13.8 Å². The summed E-state index contributed by atoms with van der Waals surface area (Å²) >= 11 is 10.2. The van der Waals surface area contributed by atoms with Gasteiger partial charge in [0.15, 0.2) is 0 Å². The topological polar surface area (TPSA) is 60.2 Å². The van der Waals surface area contributed by atoms with Crippen molar-refractivity contribution < 1.29 is 9.36 Å². The Morgan fingerprint density at radius 3 is 1.91 bits per heavy atom. The van der Waals surface area contributed by atoms with E-state index in [0.717, 1.165) is 0 Å². The van der Waals surface area contributed by atoms with Crippen LogP contribution in [0.2, 0.25) is 0 Å². The molecule has 0 aliphatic heterocycles. The zero-order valence-electron chi connectivity index (χ0n) is 6.25. The van der Waals surface area contributed by atoms with Crippen molar-refractivity contribution in [3.05, 3.63) is 0 Å². The van der Waals surface area contributed by atoms with Crippen molar-refractivity contribution in [3.8, 4) is 0 Å². The molecule has 0 aliphatic rings. The van der Waals surface area contributed by atoms with Gasteiger partial charge < -0.3 is 5.73 Å². The molecule has 0 radical (unpaired) electrons. The molecule has 0 fully saturated rings. The Labute approximate surface area is 75.2 Å². The van der Waals surface area contributed by atoms with Gasteiger partial charge in [-0.1, -0.05) is 13.8 Å². The zero-order chi connectivity index (χ0) is 9.23. The first-order chi connectivity index (χ1) is 4.76. The van der Waals surface area contributed by atoms with Crippen molar-refractivity contribution in [2.75, 3.05) is 0 Å². The Bertz CT molecular complexity index is 201. The van der Waals surface area contributed by atoms with Gasteiger partial charge in [0.25, 0.3) is 0 Å². The molecule has 0 rings (SSSR count). The van der Waals surface area contributed by atoms with Crippen LogP contribution >= 0.6 is 28.3 Å². The summed E-state index contributed by atoms with van der Waals surface area (Å²) in [7, 11) is 0. The van der Waals surface area contributed by atoms with Crippen molar-refractivity contribution in [2.45, 2.75) is 19.9 Å². The largest absolute Gasteiger partial charge is 0.321 e. The average molecular weight is 218 g/mol. The van der Waals surface area contributed by atoms with Crippen LogP contribution in [0.5, 0.6) is 0 Å². The van der Waals surface area contributed by atoms with Crippen LogP contribution in [0.4, 0.5) is 0 Å². The van der Waals surface area contributed by atoms with Gasteiger partial charge in [-0.3, -0.25) is 9.36 Å². The number of carbonyl (C=O) groups excluding carboxylic acids is 1. The summed E-state index contributed by atoms with van der Waals surface area (Å²) in [6.45, 7) is 3.46. The van der Waals surface area contributed by atoms with Crippen LogP contribution in [0.25, 0.3) is 0 Å². The van der Waals surface area contributed by atoms with E-state index < -0.39 is 17.4 Å². The van der Waals surface area contributed by atoms with Crippen molar-refractivity contribution in [1.29, 1.82) is 0 Å². The van der Waals surface area contributed by atoms with E-state index >= 15 is 0 Å². The Kier molecular flexibility index (Phi) is 4.06. The van der Waals surface area contributed by atoms with Crippen LogP contribution in [-0.4, -0.2) is 11.6 Å². The van der Waals surface area contributed by atoms with E-state index in [9.17, 15) is 9.36 Å². The van der Waals surface area contributed by atoms with E-state index in [2.05, 4.69) is 0 Å². The van der Waals surface area contributed by atoms with Gasteiger partial charge in [-0.05, 0) is 28.4 Å². The molecule has 0 aromatic rings. The number of nitrogens with two attached hydrogens (primary N) is 1. The molecule has 0 bridgehead atoms. The van der Waals surface area contributed by atoms with Gasteiger partial charge in [0, 0.05) is 0 Å². The fraction of sp³-hybridized carbons (Fsp3) is 0.800.